The number of aliphatic hydroxyl groups is 1. The summed E-state index contributed by atoms with van der Waals surface area (Å²) in [6, 6.07) is 7.07. The molecule has 0 saturated carbocycles. The highest BCUT2D eigenvalue weighted by Gasteiger charge is 2.08. The Balaban J connectivity index is 2.05. The van der Waals surface area contributed by atoms with E-state index >= 15 is 0 Å². The molecule has 6 heteroatoms. The van der Waals surface area contributed by atoms with Gasteiger partial charge in [-0.25, -0.2) is 0 Å². The van der Waals surface area contributed by atoms with Gasteiger partial charge >= 0.3 is 11.9 Å². The van der Waals surface area contributed by atoms with Gasteiger partial charge in [0.25, 0.3) is 0 Å². The molecular weight excluding hydrogens is 647 g/mol. The fourth-order valence-corrected chi connectivity index (χ4v) is 7.04. The van der Waals surface area contributed by atoms with Gasteiger partial charge in [-0.15, -0.1) is 0 Å². The van der Waals surface area contributed by atoms with Gasteiger partial charge in [0, 0.05) is 19.4 Å². The molecule has 0 aliphatic heterocycles. The maximum Gasteiger partial charge on any atom is 0.305 e. The number of carbonyl (C=O) groups is 2. The molecule has 0 atom stereocenters. The molecule has 0 aromatic heterocycles. The summed E-state index contributed by atoms with van der Waals surface area (Å²) in [5, 5.41) is 9.52. The Morgan fingerprint density at radius 3 is 1.52 bits per heavy atom. The van der Waals surface area contributed by atoms with E-state index in [1.54, 1.807) is 0 Å². The zero-order valence-corrected chi connectivity index (χ0v) is 34.5. The summed E-state index contributed by atoms with van der Waals surface area (Å²) in [4.78, 5) is 26.7. The van der Waals surface area contributed by atoms with E-state index in [9.17, 15) is 14.7 Å². The number of esters is 2. The van der Waals surface area contributed by atoms with Crippen LogP contribution < -0.4 is 0 Å². The summed E-state index contributed by atoms with van der Waals surface area (Å²) >= 11 is 0. The number of rotatable bonds is 38. The van der Waals surface area contributed by atoms with Crippen molar-refractivity contribution in [1.29, 1.82) is 0 Å². The van der Waals surface area contributed by atoms with Crippen LogP contribution in [0.2, 0.25) is 0 Å². The van der Waals surface area contributed by atoms with Crippen molar-refractivity contribution < 1.29 is 24.2 Å². The van der Waals surface area contributed by atoms with Crippen LogP contribution in [0.25, 0.3) is 0 Å². The molecule has 1 aromatic carbocycles. The molecule has 1 aromatic rings. The van der Waals surface area contributed by atoms with Crippen LogP contribution in [0.5, 0.6) is 0 Å². The number of aryl methyl sites for hydroxylation is 3. The normalized spacial score (nSPS) is 11.4. The van der Waals surface area contributed by atoms with E-state index in [1.807, 2.05) is 0 Å². The molecule has 0 bridgehead atoms. The van der Waals surface area contributed by atoms with Crippen LogP contribution in [0.1, 0.15) is 204 Å². The monoisotopic (exact) mass is 730 g/mol. The molecule has 6 nitrogen and oxygen atoms in total. The second kappa shape index (κ2) is 36.1. The van der Waals surface area contributed by atoms with Crippen LogP contribution in [0.3, 0.4) is 0 Å². The molecule has 0 spiro atoms. The number of aliphatic hydroxyl groups excluding tert-OH is 1. The second-order valence-corrected chi connectivity index (χ2v) is 15.3. The topological polar surface area (TPSA) is 76.1 Å². The van der Waals surface area contributed by atoms with E-state index in [0.29, 0.717) is 26.1 Å². The minimum absolute atomic E-state index is 0.0353. The Hall–Kier alpha value is -1.92. The number of hydrogen-bond donors (Lipinski definition) is 1. The molecule has 0 unspecified atom stereocenters. The summed E-state index contributed by atoms with van der Waals surface area (Å²) < 4.78 is 11.0. The minimum atomic E-state index is -0.0561. The third-order valence-corrected chi connectivity index (χ3v) is 10.4. The number of benzene rings is 1. The highest BCUT2D eigenvalue weighted by Crippen LogP contribution is 2.20. The molecule has 0 heterocycles. The van der Waals surface area contributed by atoms with E-state index < -0.39 is 0 Å². The van der Waals surface area contributed by atoms with Gasteiger partial charge in [0.1, 0.15) is 0 Å². The van der Waals surface area contributed by atoms with Crippen LogP contribution in [0, 0.1) is 0 Å². The average molecular weight is 730 g/mol. The molecule has 0 amide bonds. The predicted molar refractivity (Wildman–Crippen MR) is 220 cm³/mol. The zero-order chi connectivity index (χ0) is 37.7. The Labute approximate surface area is 321 Å². The Morgan fingerprint density at radius 1 is 0.500 bits per heavy atom. The maximum atomic E-state index is 12.3. The van der Waals surface area contributed by atoms with Gasteiger partial charge in [0.05, 0.1) is 19.8 Å². The molecule has 302 valence electrons. The maximum absolute atomic E-state index is 12.3. The lowest BCUT2D eigenvalue weighted by Crippen LogP contribution is -2.29. The largest absolute Gasteiger partial charge is 0.466 e. The standard InChI is InChI=1S/C46H83NO5/c1-4-7-10-11-12-19-26-39-51-45(49)31-22-15-13-17-24-35-47(37-38-48)36-25-18-14-16-23-32-46(50)52-40-27-28-42-33-34-43(29-20-8-5-2)44(41-42)30-21-9-6-3/h33-34,41,48H,4-32,35-40H2,1-3H3. The first-order valence-corrected chi connectivity index (χ1v) is 22.3. The first-order valence-electron chi connectivity index (χ1n) is 22.3. The molecule has 0 aliphatic carbocycles. The molecule has 0 radical (unpaired) electrons. The lowest BCUT2D eigenvalue weighted by molar-refractivity contribution is -0.144. The molecule has 0 aliphatic rings. The third kappa shape index (κ3) is 28.6. The van der Waals surface area contributed by atoms with E-state index in [-0.39, 0.29) is 18.5 Å². The van der Waals surface area contributed by atoms with Gasteiger partial charge in [-0.2, -0.15) is 0 Å². The number of unbranched alkanes of at least 4 members (excludes halogenated alkanes) is 18. The van der Waals surface area contributed by atoms with Crippen LogP contribution >= 0.6 is 0 Å². The van der Waals surface area contributed by atoms with Crippen LogP contribution in [0.15, 0.2) is 18.2 Å². The van der Waals surface area contributed by atoms with Gasteiger partial charge in [0.15, 0.2) is 0 Å². The smallest absolute Gasteiger partial charge is 0.305 e. The zero-order valence-electron chi connectivity index (χ0n) is 34.5. The SMILES string of the molecule is CCCCCCCCCOC(=O)CCCCCCCN(CCO)CCCCCCCC(=O)OCCCc1ccc(CCCCC)c(CCCCC)c1. The van der Waals surface area contributed by atoms with Crippen molar-refractivity contribution in [2.24, 2.45) is 0 Å². The fourth-order valence-electron chi connectivity index (χ4n) is 7.04. The second-order valence-electron chi connectivity index (χ2n) is 15.3. The molecule has 52 heavy (non-hydrogen) atoms. The van der Waals surface area contributed by atoms with E-state index in [0.717, 1.165) is 103 Å². The van der Waals surface area contributed by atoms with Gasteiger partial charge in [-0.05, 0) is 100 Å². The molecule has 0 fully saturated rings. The first-order chi connectivity index (χ1) is 25.5. The summed E-state index contributed by atoms with van der Waals surface area (Å²) in [7, 11) is 0. The summed E-state index contributed by atoms with van der Waals surface area (Å²) in [6.07, 6.45) is 32.4. The van der Waals surface area contributed by atoms with Gasteiger partial charge in [0.2, 0.25) is 0 Å². The lowest BCUT2D eigenvalue weighted by Gasteiger charge is -2.21. The van der Waals surface area contributed by atoms with Crippen molar-refractivity contribution in [1.82, 2.24) is 4.90 Å². The highest BCUT2D eigenvalue weighted by atomic mass is 16.5. The van der Waals surface area contributed by atoms with Crippen LogP contribution in [0.4, 0.5) is 0 Å². The van der Waals surface area contributed by atoms with Crippen molar-refractivity contribution in [3.8, 4) is 0 Å². The van der Waals surface area contributed by atoms with Crippen LogP contribution in [-0.4, -0.2) is 61.4 Å². The molecule has 1 N–H and O–H groups in total. The van der Waals surface area contributed by atoms with E-state index in [2.05, 4.69) is 43.9 Å². The minimum Gasteiger partial charge on any atom is -0.466 e. The third-order valence-electron chi connectivity index (χ3n) is 10.4. The Morgan fingerprint density at radius 2 is 0.962 bits per heavy atom. The number of hydrogen-bond acceptors (Lipinski definition) is 6. The highest BCUT2D eigenvalue weighted by molar-refractivity contribution is 5.69. The Bertz CT molecular complexity index is 966. The summed E-state index contributed by atoms with van der Waals surface area (Å²) in [6.45, 7) is 10.9. The molecule has 1 rings (SSSR count). The molecule has 0 saturated heterocycles. The van der Waals surface area contributed by atoms with E-state index in [4.69, 9.17) is 9.47 Å². The van der Waals surface area contributed by atoms with Gasteiger partial charge in [-0.1, -0.05) is 142 Å². The number of ether oxygens (including phenoxy) is 2. The lowest BCUT2D eigenvalue weighted by atomic mass is 9.94. The predicted octanol–water partition coefficient (Wildman–Crippen LogP) is 11.9. The van der Waals surface area contributed by atoms with Crippen molar-refractivity contribution >= 4 is 11.9 Å². The van der Waals surface area contributed by atoms with Crippen molar-refractivity contribution in [2.45, 2.75) is 207 Å². The summed E-state index contributed by atoms with van der Waals surface area (Å²) in [5.74, 6) is -0.0914. The summed E-state index contributed by atoms with van der Waals surface area (Å²) in [5.41, 5.74) is 4.44. The Kier molecular flexibility index (Phi) is 33.4. The number of nitrogens with zero attached hydrogens (tertiary/aromatic N) is 1. The van der Waals surface area contributed by atoms with E-state index in [1.165, 1.54) is 107 Å². The number of carbonyl (C=O) groups excluding carboxylic acids is 2. The van der Waals surface area contributed by atoms with Crippen molar-refractivity contribution in [2.75, 3.05) is 39.5 Å². The van der Waals surface area contributed by atoms with Gasteiger partial charge in [-0.3, -0.25) is 9.59 Å². The fraction of sp³-hybridized carbons (Fsp3) is 0.826. The quantitative estimate of drug-likeness (QED) is 0.0539. The first kappa shape index (κ1) is 48.1. The van der Waals surface area contributed by atoms with Gasteiger partial charge < -0.3 is 19.5 Å². The van der Waals surface area contributed by atoms with Crippen molar-refractivity contribution in [3.05, 3.63) is 34.9 Å². The van der Waals surface area contributed by atoms with Crippen molar-refractivity contribution in [3.63, 3.8) is 0 Å². The average Bonchev–Trinajstić information content (AvgIpc) is 3.14. The van der Waals surface area contributed by atoms with Crippen LogP contribution in [-0.2, 0) is 38.3 Å². The molecular formula is C46H83NO5.